The van der Waals surface area contributed by atoms with E-state index in [0.717, 1.165) is 27.1 Å². The Labute approximate surface area is 197 Å². The van der Waals surface area contributed by atoms with Crippen molar-refractivity contribution in [3.05, 3.63) is 38.9 Å². The Morgan fingerprint density at radius 3 is 2.81 bits per heavy atom. The second kappa shape index (κ2) is 7.77. The molecule has 8 nitrogen and oxygen atoms in total. The highest BCUT2D eigenvalue weighted by molar-refractivity contribution is 9.10. The Morgan fingerprint density at radius 2 is 2.06 bits per heavy atom. The number of hydrogen-bond donors (Lipinski definition) is 1. The van der Waals surface area contributed by atoms with E-state index in [-0.39, 0.29) is 30.1 Å². The van der Waals surface area contributed by atoms with Crippen molar-refractivity contribution in [2.45, 2.75) is 39.8 Å². The van der Waals surface area contributed by atoms with Gasteiger partial charge in [0, 0.05) is 18.3 Å². The van der Waals surface area contributed by atoms with Crippen LogP contribution in [-0.2, 0) is 16.1 Å². The summed E-state index contributed by atoms with van der Waals surface area (Å²) in [6.07, 6.45) is 0.955. The number of ketones is 1. The lowest BCUT2D eigenvalue weighted by molar-refractivity contribution is -0.138. The largest absolute Gasteiger partial charge is 0.328 e. The van der Waals surface area contributed by atoms with E-state index >= 15 is 0 Å². The number of piperidine rings is 1. The number of halogens is 1. The number of fused-ring (bicyclic) bond motifs is 2. The quantitative estimate of drug-likeness (QED) is 0.413. The van der Waals surface area contributed by atoms with Crippen molar-refractivity contribution in [2.24, 2.45) is 11.8 Å². The predicted octanol–water partition coefficient (Wildman–Crippen LogP) is 3.56. The summed E-state index contributed by atoms with van der Waals surface area (Å²) >= 11 is 4.84. The summed E-state index contributed by atoms with van der Waals surface area (Å²) in [7, 11) is 0. The lowest BCUT2D eigenvalue weighted by Crippen LogP contribution is -2.47. The third-order valence-electron chi connectivity index (χ3n) is 6.21. The van der Waals surface area contributed by atoms with Crippen LogP contribution in [0.25, 0.3) is 10.2 Å². The molecule has 1 N–H and O–H groups in total. The first-order valence-electron chi connectivity index (χ1n) is 10.4. The third-order valence-corrected chi connectivity index (χ3v) is 7.70. The molecule has 0 unspecified atom stereocenters. The number of nitrogens with zero attached hydrogens (tertiary/aromatic N) is 4. The van der Waals surface area contributed by atoms with Gasteiger partial charge in [-0.25, -0.2) is 4.98 Å². The van der Waals surface area contributed by atoms with Gasteiger partial charge >= 0.3 is 0 Å². The van der Waals surface area contributed by atoms with Crippen LogP contribution in [0.2, 0.25) is 0 Å². The maximum absolute atomic E-state index is 13.3. The average Bonchev–Trinajstić information content (AvgIpc) is 3.04. The Kier molecular flexibility index (Phi) is 5.16. The molecule has 3 atom stereocenters. The molecule has 1 aliphatic carbocycles. The molecular formula is C22H22BrN5O3S. The van der Waals surface area contributed by atoms with Crippen LogP contribution in [0.5, 0.6) is 0 Å². The monoisotopic (exact) mass is 515 g/mol. The van der Waals surface area contributed by atoms with Crippen LogP contribution < -0.4 is 5.32 Å². The van der Waals surface area contributed by atoms with Gasteiger partial charge in [-0.3, -0.25) is 19.1 Å². The second-order valence-electron chi connectivity index (χ2n) is 8.57. The molecule has 10 heteroatoms. The highest BCUT2D eigenvalue weighted by Crippen LogP contribution is 2.50. The lowest BCUT2D eigenvalue weighted by atomic mass is 10.1. The van der Waals surface area contributed by atoms with E-state index in [1.54, 1.807) is 9.58 Å². The van der Waals surface area contributed by atoms with Crippen molar-refractivity contribution >= 4 is 60.9 Å². The zero-order valence-electron chi connectivity index (χ0n) is 17.9. The third kappa shape index (κ3) is 3.65. The van der Waals surface area contributed by atoms with Gasteiger partial charge in [0.25, 0.3) is 0 Å². The van der Waals surface area contributed by atoms with Crippen LogP contribution in [0.3, 0.4) is 0 Å². The number of thiophene rings is 1. The number of anilines is 1. The number of amides is 2. The topological polar surface area (TPSA) is 97.2 Å². The fourth-order valence-corrected chi connectivity index (χ4v) is 5.88. The minimum Gasteiger partial charge on any atom is -0.328 e. The zero-order chi connectivity index (χ0) is 22.7. The summed E-state index contributed by atoms with van der Waals surface area (Å²) in [4.78, 5) is 45.5. The minimum atomic E-state index is -0.518. The smallest absolute Gasteiger partial charge is 0.248 e. The summed E-state index contributed by atoms with van der Waals surface area (Å²) in [5.74, 6) is 0.535. The summed E-state index contributed by atoms with van der Waals surface area (Å²) in [5.41, 5.74) is 2.03. The molecule has 0 aromatic carbocycles. The number of rotatable bonds is 5. The molecule has 2 aliphatic rings. The van der Waals surface area contributed by atoms with Gasteiger partial charge in [0.1, 0.15) is 28.7 Å². The molecule has 3 aromatic heterocycles. The summed E-state index contributed by atoms with van der Waals surface area (Å²) in [5, 5.41) is 7.32. The molecular weight excluding hydrogens is 494 g/mol. The molecule has 0 bridgehead atoms. The second-order valence-corrected chi connectivity index (χ2v) is 10.6. The number of Topliss-reactive ketones (excluding diaryl/α,β-unsaturated/α-hetero) is 1. The Morgan fingerprint density at radius 1 is 1.28 bits per heavy atom. The zero-order valence-corrected chi connectivity index (χ0v) is 20.3. The van der Waals surface area contributed by atoms with Crippen LogP contribution in [0, 0.1) is 25.7 Å². The van der Waals surface area contributed by atoms with E-state index < -0.39 is 6.04 Å². The maximum atomic E-state index is 13.3. The molecule has 166 valence electrons. The van der Waals surface area contributed by atoms with E-state index in [0.29, 0.717) is 28.6 Å². The van der Waals surface area contributed by atoms with Crippen molar-refractivity contribution in [1.82, 2.24) is 19.7 Å². The Bertz CT molecular complexity index is 1280. The van der Waals surface area contributed by atoms with Crippen molar-refractivity contribution in [3.63, 3.8) is 0 Å². The van der Waals surface area contributed by atoms with E-state index in [1.165, 1.54) is 18.3 Å². The normalized spacial score (nSPS) is 21.6. The van der Waals surface area contributed by atoms with E-state index in [2.05, 4.69) is 31.3 Å². The van der Waals surface area contributed by atoms with E-state index in [9.17, 15) is 14.4 Å². The van der Waals surface area contributed by atoms with Gasteiger partial charge in [0.2, 0.25) is 11.8 Å². The van der Waals surface area contributed by atoms with Crippen molar-refractivity contribution < 1.29 is 14.4 Å². The minimum absolute atomic E-state index is 0.00264. The molecule has 0 radical (unpaired) electrons. The number of likely N-dealkylation sites (tertiary alicyclic amines) is 1. The van der Waals surface area contributed by atoms with Crippen LogP contribution in [-0.4, -0.2) is 49.8 Å². The number of carbonyl (C=O) groups is 3. The first-order valence-corrected chi connectivity index (χ1v) is 12.0. The summed E-state index contributed by atoms with van der Waals surface area (Å²) in [6.45, 7) is 5.89. The van der Waals surface area contributed by atoms with E-state index in [4.69, 9.17) is 0 Å². The van der Waals surface area contributed by atoms with Crippen molar-refractivity contribution in [3.8, 4) is 0 Å². The average molecular weight is 516 g/mol. The number of hydrogen-bond acceptors (Lipinski definition) is 6. The molecule has 0 spiro atoms. The van der Waals surface area contributed by atoms with Gasteiger partial charge in [-0.15, -0.1) is 11.3 Å². The molecule has 32 heavy (non-hydrogen) atoms. The molecule has 2 amide bonds. The number of aromatic nitrogens is 3. The van der Waals surface area contributed by atoms with Gasteiger partial charge in [-0.1, -0.05) is 6.07 Å². The highest BCUT2D eigenvalue weighted by Gasteiger charge is 2.56. The summed E-state index contributed by atoms with van der Waals surface area (Å²) in [6, 6.07) is 5.12. The fraction of sp³-hybridized carbons (Fsp3) is 0.409. The van der Waals surface area contributed by atoms with Crippen LogP contribution in [0.4, 0.5) is 5.82 Å². The first kappa shape index (κ1) is 21.3. The fourth-order valence-electron chi connectivity index (χ4n) is 4.53. The van der Waals surface area contributed by atoms with Crippen molar-refractivity contribution in [2.75, 3.05) is 11.9 Å². The molecule has 1 saturated heterocycles. The van der Waals surface area contributed by atoms with E-state index in [1.807, 2.05) is 32.0 Å². The predicted molar refractivity (Wildman–Crippen MR) is 125 cm³/mol. The molecule has 4 heterocycles. The van der Waals surface area contributed by atoms with Gasteiger partial charge in [0.15, 0.2) is 5.78 Å². The Balaban J connectivity index is 1.38. The molecule has 3 aromatic rings. The maximum Gasteiger partial charge on any atom is 0.248 e. The van der Waals surface area contributed by atoms with Crippen LogP contribution in [0.1, 0.15) is 34.3 Å². The van der Waals surface area contributed by atoms with Crippen LogP contribution >= 0.6 is 27.3 Å². The van der Waals surface area contributed by atoms with Crippen molar-refractivity contribution in [1.29, 1.82) is 0 Å². The first-order chi connectivity index (χ1) is 15.2. The Hall–Kier alpha value is -2.59. The van der Waals surface area contributed by atoms with Gasteiger partial charge < -0.3 is 10.2 Å². The van der Waals surface area contributed by atoms with Gasteiger partial charge in [0.05, 0.1) is 10.2 Å². The molecule has 1 saturated carbocycles. The molecule has 1 aliphatic heterocycles. The SMILES string of the molecule is CC(=O)c1nn(CC(=O)N2C[C@H]3C[C@H]3[C@H]2C(=O)Nc2nc(Br)ccc2C)c2cc(C)sc12. The van der Waals surface area contributed by atoms with Gasteiger partial charge in [-0.05, 0) is 65.7 Å². The number of aryl methyl sites for hydroxylation is 2. The number of nitrogens with one attached hydrogen (secondary N) is 1. The standard InChI is InChI=1S/C22H22BrN5O3S/c1-10-4-5-16(23)24-21(10)25-22(31)19-14-7-13(14)8-27(19)17(30)9-28-15-6-11(2)32-20(15)18(26-28)12(3)29/h4-6,13-14,19H,7-9H2,1-3H3,(H,24,25,31)/t13-,14-,19+/m1/s1. The highest BCUT2D eigenvalue weighted by atomic mass is 79.9. The molecule has 2 fully saturated rings. The van der Waals surface area contributed by atoms with Gasteiger partial charge in [-0.2, -0.15) is 5.10 Å². The number of carbonyl (C=O) groups excluding carboxylic acids is 3. The number of pyridine rings is 1. The molecule has 5 rings (SSSR count). The van der Waals surface area contributed by atoms with Crippen LogP contribution in [0.15, 0.2) is 22.8 Å². The summed E-state index contributed by atoms with van der Waals surface area (Å²) < 4.78 is 3.03. The lowest BCUT2D eigenvalue weighted by Gasteiger charge is -2.27.